The number of imide groups is 1. The third-order valence-corrected chi connectivity index (χ3v) is 5.75. The molecule has 154 valence electrons. The summed E-state index contributed by atoms with van der Waals surface area (Å²) in [6.45, 7) is 0.153. The van der Waals surface area contributed by atoms with E-state index in [0.29, 0.717) is 11.3 Å². The normalized spacial score (nSPS) is 17.0. The van der Waals surface area contributed by atoms with Crippen LogP contribution in [0.15, 0.2) is 65.3 Å². The number of hydrogen-bond acceptors (Lipinski definition) is 4. The third-order valence-electron chi connectivity index (χ3n) is 5.40. The van der Waals surface area contributed by atoms with Gasteiger partial charge in [0.1, 0.15) is 10.7 Å². The summed E-state index contributed by atoms with van der Waals surface area (Å²) in [4.78, 5) is 38.7. The van der Waals surface area contributed by atoms with Gasteiger partial charge in [0.2, 0.25) is 0 Å². The van der Waals surface area contributed by atoms with Crippen LogP contribution in [-0.2, 0) is 16.1 Å². The standard InChI is InChI=1S/C23H22ClN3O3/c24-19-20(23(30)27(22(19)29)14-15-6-2-1-3-7-15)25-18-12-10-16(11-13-18)21(28)26-17-8-4-5-9-17/h1-3,6-7,10-13,17,25H,4-5,8-9,14H2,(H,26,28). The molecule has 2 aromatic carbocycles. The Morgan fingerprint density at radius 1 is 0.967 bits per heavy atom. The first-order valence-corrected chi connectivity index (χ1v) is 10.4. The summed E-state index contributed by atoms with van der Waals surface area (Å²) < 4.78 is 0. The van der Waals surface area contributed by atoms with Crippen LogP contribution in [0.3, 0.4) is 0 Å². The Morgan fingerprint density at radius 2 is 1.63 bits per heavy atom. The van der Waals surface area contributed by atoms with Gasteiger partial charge in [0, 0.05) is 17.3 Å². The molecule has 1 aliphatic carbocycles. The van der Waals surface area contributed by atoms with Crippen LogP contribution in [0.25, 0.3) is 0 Å². The van der Waals surface area contributed by atoms with Gasteiger partial charge in [0.15, 0.2) is 0 Å². The van der Waals surface area contributed by atoms with Gasteiger partial charge in [-0.15, -0.1) is 0 Å². The van der Waals surface area contributed by atoms with Gasteiger partial charge in [-0.25, -0.2) is 0 Å². The molecule has 1 fully saturated rings. The van der Waals surface area contributed by atoms with E-state index in [1.165, 1.54) is 0 Å². The van der Waals surface area contributed by atoms with Crippen LogP contribution < -0.4 is 10.6 Å². The second-order valence-corrected chi connectivity index (χ2v) is 7.91. The van der Waals surface area contributed by atoms with E-state index in [9.17, 15) is 14.4 Å². The highest BCUT2D eigenvalue weighted by molar-refractivity contribution is 6.48. The third kappa shape index (κ3) is 4.24. The molecule has 0 spiro atoms. The highest BCUT2D eigenvalue weighted by atomic mass is 35.5. The van der Waals surface area contributed by atoms with Gasteiger partial charge >= 0.3 is 0 Å². The second kappa shape index (κ2) is 8.71. The van der Waals surface area contributed by atoms with E-state index < -0.39 is 11.8 Å². The van der Waals surface area contributed by atoms with Crippen molar-refractivity contribution < 1.29 is 14.4 Å². The first-order chi connectivity index (χ1) is 14.5. The molecule has 0 radical (unpaired) electrons. The zero-order valence-corrected chi connectivity index (χ0v) is 17.1. The molecule has 3 amide bonds. The van der Waals surface area contributed by atoms with Crippen molar-refractivity contribution in [2.24, 2.45) is 0 Å². The lowest BCUT2D eigenvalue weighted by Crippen LogP contribution is -2.32. The first-order valence-electron chi connectivity index (χ1n) is 10.0. The molecule has 2 aromatic rings. The number of nitrogens with zero attached hydrogens (tertiary/aromatic N) is 1. The molecule has 1 saturated carbocycles. The zero-order chi connectivity index (χ0) is 21.1. The minimum Gasteiger partial charge on any atom is -0.350 e. The fraction of sp³-hybridized carbons (Fsp3) is 0.261. The highest BCUT2D eigenvalue weighted by Crippen LogP contribution is 2.27. The predicted octanol–water partition coefficient (Wildman–Crippen LogP) is 3.79. The van der Waals surface area contributed by atoms with Gasteiger partial charge < -0.3 is 10.6 Å². The van der Waals surface area contributed by atoms with Crippen molar-refractivity contribution in [2.75, 3.05) is 5.32 Å². The molecule has 0 unspecified atom stereocenters. The predicted molar refractivity (Wildman–Crippen MR) is 115 cm³/mol. The minimum absolute atomic E-state index is 0.0424. The molecule has 2 aliphatic rings. The van der Waals surface area contributed by atoms with Crippen molar-refractivity contribution in [3.63, 3.8) is 0 Å². The van der Waals surface area contributed by atoms with Gasteiger partial charge in [-0.2, -0.15) is 0 Å². The maximum absolute atomic E-state index is 12.7. The number of carbonyl (C=O) groups excluding carboxylic acids is 3. The molecule has 0 aromatic heterocycles. The first kappa shape index (κ1) is 20.2. The van der Waals surface area contributed by atoms with E-state index in [0.717, 1.165) is 36.1 Å². The number of rotatable bonds is 6. The second-order valence-electron chi connectivity index (χ2n) is 7.53. The van der Waals surface area contributed by atoms with Crippen LogP contribution in [0, 0.1) is 0 Å². The molecular formula is C23H22ClN3O3. The SMILES string of the molecule is O=C(NC1CCCC1)c1ccc(NC2=C(Cl)C(=O)N(Cc3ccccc3)C2=O)cc1. The molecule has 1 heterocycles. The van der Waals surface area contributed by atoms with Crippen LogP contribution in [0.2, 0.25) is 0 Å². The topological polar surface area (TPSA) is 78.5 Å². The van der Waals surface area contributed by atoms with E-state index in [2.05, 4.69) is 10.6 Å². The van der Waals surface area contributed by atoms with Gasteiger partial charge in [-0.05, 0) is 42.7 Å². The Kier molecular flexibility index (Phi) is 5.86. The Hall–Kier alpha value is -3.12. The summed E-state index contributed by atoms with van der Waals surface area (Å²) in [7, 11) is 0. The van der Waals surface area contributed by atoms with Crippen molar-refractivity contribution in [2.45, 2.75) is 38.3 Å². The summed E-state index contributed by atoms with van der Waals surface area (Å²) in [6.07, 6.45) is 4.34. The Labute approximate surface area is 179 Å². The molecule has 0 atom stereocenters. The number of benzene rings is 2. The largest absolute Gasteiger partial charge is 0.350 e. The summed E-state index contributed by atoms with van der Waals surface area (Å²) in [5.41, 5.74) is 2.00. The summed E-state index contributed by atoms with van der Waals surface area (Å²) >= 11 is 6.15. The lowest BCUT2D eigenvalue weighted by atomic mass is 10.1. The molecule has 4 rings (SSSR count). The molecule has 30 heavy (non-hydrogen) atoms. The fourth-order valence-electron chi connectivity index (χ4n) is 3.75. The van der Waals surface area contributed by atoms with E-state index in [1.54, 1.807) is 24.3 Å². The zero-order valence-electron chi connectivity index (χ0n) is 16.4. The van der Waals surface area contributed by atoms with Crippen molar-refractivity contribution in [1.29, 1.82) is 0 Å². The van der Waals surface area contributed by atoms with Crippen molar-refractivity contribution in [1.82, 2.24) is 10.2 Å². The number of anilines is 1. The van der Waals surface area contributed by atoms with Gasteiger partial charge in [0.25, 0.3) is 17.7 Å². The van der Waals surface area contributed by atoms with Crippen LogP contribution >= 0.6 is 11.6 Å². The number of hydrogen-bond donors (Lipinski definition) is 2. The monoisotopic (exact) mass is 423 g/mol. The Bertz CT molecular complexity index is 996. The lowest BCUT2D eigenvalue weighted by molar-refractivity contribution is -0.138. The van der Waals surface area contributed by atoms with Gasteiger partial charge in [-0.1, -0.05) is 54.8 Å². The summed E-state index contributed by atoms with van der Waals surface area (Å²) in [5.74, 6) is -1.11. The van der Waals surface area contributed by atoms with Crippen LogP contribution in [0.1, 0.15) is 41.6 Å². The summed E-state index contributed by atoms with van der Waals surface area (Å²) in [5, 5.41) is 5.83. The van der Waals surface area contributed by atoms with Crippen molar-refractivity contribution in [3.8, 4) is 0 Å². The smallest absolute Gasteiger partial charge is 0.279 e. The van der Waals surface area contributed by atoms with E-state index in [1.807, 2.05) is 30.3 Å². The quantitative estimate of drug-likeness (QED) is 0.693. The van der Waals surface area contributed by atoms with E-state index in [-0.39, 0.29) is 29.2 Å². The maximum atomic E-state index is 12.7. The van der Waals surface area contributed by atoms with Crippen molar-refractivity contribution >= 4 is 35.0 Å². The molecule has 2 N–H and O–H groups in total. The van der Waals surface area contributed by atoms with Gasteiger partial charge in [-0.3, -0.25) is 19.3 Å². The summed E-state index contributed by atoms with van der Waals surface area (Å²) in [6, 6.07) is 16.2. The Morgan fingerprint density at radius 3 is 2.30 bits per heavy atom. The van der Waals surface area contributed by atoms with E-state index >= 15 is 0 Å². The Balaban J connectivity index is 1.42. The average molecular weight is 424 g/mol. The van der Waals surface area contributed by atoms with Gasteiger partial charge in [0.05, 0.1) is 6.54 Å². The average Bonchev–Trinajstić information content (AvgIpc) is 3.34. The van der Waals surface area contributed by atoms with Crippen LogP contribution in [-0.4, -0.2) is 28.7 Å². The highest BCUT2D eigenvalue weighted by Gasteiger charge is 2.37. The molecule has 0 bridgehead atoms. The minimum atomic E-state index is -0.527. The maximum Gasteiger partial charge on any atom is 0.279 e. The fourth-order valence-corrected chi connectivity index (χ4v) is 3.98. The number of carbonyl (C=O) groups is 3. The lowest BCUT2D eigenvalue weighted by Gasteiger charge is -2.15. The number of nitrogens with one attached hydrogen (secondary N) is 2. The molecule has 0 saturated heterocycles. The van der Waals surface area contributed by atoms with Crippen LogP contribution in [0.4, 0.5) is 5.69 Å². The molecular weight excluding hydrogens is 402 g/mol. The molecule has 7 heteroatoms. The molecule has 6 nitrogen and oxygen atoms in total. The van der Waals surface area contributed by atoms with Crippen LogP contribution in [0.5, 0.6) is 0 Å². The number of amides is 3. The van der Waals surface area contributed by atoms with E-state index in [4.69, 9.17) is 11.6 Å². The molecule has 1 aliphatic heterocycles. The van der Waals surface area contributed by atoms with Crippen molar-refractivity contribution in [3.05, 3.63) is 76.5 Å². The number of halogens is 1.